The lowest BCUT2D eigenvalue weighted by Crippen LogP contribution is -2.53. The largest absolute Gasteiger partial charge is 0.475 e. The lowest BCUT2D eigenvalue weighted by molar-refractivity contribution is -0.655. The topological polar surface area (TPSA) is 64.8 Å². The van der Waals surface area contributed by atoms with Gasteiger partial charge in [0.15, 0.2) is 0 Å². The Morgan fingerprint density at radius 3 is 2.61 bits per heavy atom. The molecule has 2 heterocycles. The number of likely N-dealkylation sites (N-methyl/N-ethyl adjacent to an activating group) is 1. The Hall–Kier alpha value is -2.44. The van der Waals surface area contributed by atoms with Gasteiger partial charge < -0.3 is 4.74 Å². The molecule has 0 N–H and O–H groups in total. The second-order valence-corrected chi connectivity index (χ2v) is 5.91. The summed E-state index contributed by atoms with van der Waals surface area (Å²) < 4.78 is 6.05. The minimum Gasteiger partial charge on any atom is -0.475 e. The Kier molecular flexibility index (Phi) is 3.11. The van der Waals surface area contributed by atoms with E-state index in [1.807, 2.05) is 54.6 Å². The highest BCUT2D eigenvalue weighted by atomic mass is 16.8. The number of hydrogen-bond acceptors (Lipinski definition) is 5. The maximum absolute atomic E-state index is 12.1. The van der Waals surface area contributed by atoms with Crippen LogP contribution in [0.15, 0.2) is 54.6 Å². The Morgan fingerprint density at radius 2 is 1.87 bits per heavy atom. The molecule has 3 atom stereocenters. The van der Waals surface area contributed by atoms with E-state index in [0.717, 1.165) is 11.1 Å². The summed E-state index contributed by atoms with van der Waals surface area (Å²) in [5, 5.41) is 13.6. The molecule has 0 aliphatic carbocycles. The van der Waals surface area contributed by atoms with Crippen molar-refractivity contribution in [2.45, 2.75) is 17.7 Å². The van der Waals surface area contributed by atoms with E-state index in [4.69, 9.17) is 9.57 Å². The van der Waals surface area contributed by atoms with Gasteiger partial charge in [0, 0.05) is 24.7 Å². The van der Waals surface area contributed by atoms with E-state index in [-0.39, 0.29) is 4.92 Å². The smallest absolute Gasteiger partial charge is 0.389 e. The van der Waals surface area contributed by atoms with Crippen LogP contribution < -0.4 is 4.74 Å². The summed E-state index contributed by atoms with van der Waals surface area (Å²) in [5.74, 6) is 0.292. The van der Waals surface area contributed by atoms with Crippen LogP contribution in [0.25, 0.3) is 0 Å². The average Bonchev–Trinajstić information content (AvgIpc) is 2.93. The minimum atomic E-state index is -1.65. The normalized spacial score (nSPS) is 29.4. The van der Waals surface area contributed by atoms with Gasteiger partial charge in [0.2, 0.25) is 6.10 Å². The van der Waals surface area contributed by atoms with Gasteiger partial charge in [0.05, 0.1) is 4.92 Å². The summed E-state index contributed by atoms with van der Waals surface area (Å²) >= 11 is 0. The average molecular weight is 312 g/mol. The van der Waals surface area contributed by atoms with Crippen molar-refractivity contribution in [2.75, 3.05) is 13.6 Å². The predicted octanol–water partition coefficient (Wildman–Crippen LogP) is 2.75. The third kappa shape index (κ3) is 1.95. The summed E-state index contributed by atoms with van der Waals surface area (Å²) in [5.41, 5.74) is -0.0930. The quantitative estimate of drug-likeness (QED) is 0.630. The molecular weight excluding hydrogens is 296 g/mol. The highest BCUT2D eigenvalue weighted by molar-refractivity contribution is 5.43. The molecule has 0 spiro atoms. The minimum absolute atomic E-state index is 0.339. The van der Waals surface area contributed by atoms with Gasteiger partial charge in [-0.05, 0) is 6.07 Å². The van der Waals surface area contributed by atoms with Crippen molar-refractivity contribution in [3.63, 3.8) is 0 Å². The molecule has 2 aliphatic heterocycles. The van der Waals surface area contributed by atoms with Crippen molar-refractivity contribution in [2.24, 2.45) is 0 Å². The van der Waals surface area contributed by atoms with E-state index in [0.29, 0.717) is 12.3 Å². The van der Waals surface area contributed by atoms with Crippen LogP contribution in [0.4, 0.5) is 0 Å². The van der Waals surface area contributed by atoms with Crippen LogP contribution in [-0.2, 0) is 4.84 Å². The van der Waals surface area contributed by atoms with Crippen molar-refractivity contribution in [1.82, 2.24) is 5.06 Å². The number of hydrogen-bond donors (Lipinski definition) is 0. The van der Waals surface area contributed by atoms with Gasteiger partial charge in [0.1, 0.15) is 11.7 Å². The second-order valence-electron chi connectivity index (χ2n) is 5.91. The van der Waals surface area contributed by atoms with Crippen LogP contribution >= 0.6 is 0 Å². The van der Waals surface area contributed by atoms with Gasteiger partial charge >= 0.3 is 5.72 Å². The van der Waals surface area contributed by atoms with Crippen LogP contribution in [0, 0.1) is 10.1 Å². The third-order valence-electron chi connectivity index (χ3n) is 4.54. The van der Waals surface area contributed by atoms with Crippen molar-refractivity contribution in [3.05, 3.63) is 75.8 Å². The molecule has 0 saturated carbocycles. The van der Waals surface area contributed by atoms with Crippen LogP contribution in [0.2, 0.25) is 0 Å². The molecule has 2 aromatic carbocycles. The van der Waals surface area contributed by atoms with E-state index in [9.17, 15) is 10.1 Å². The zero-order valence-corrected chi connectivity index (χ0v) is 12.6. The number of ether oxygens (including phenoxy) is 1. The molecule has 0 amide bonds. The summed E-state index contributed by atoms with van der Waals surface area (Å²) in [6.45, 7) is 0.449. The second kappa shape index (κ2) is 5.04. The molecule has 6 heteroatoms. The zero-order valence-electron chi connectivity index (χ0n) is 12.6. The lowest BCUT2D eigenvalue weighted by Gasteiger charge is -2.37. The van der Waals surface area contributed by atoms with Crippen LogP contribution in [0.5, 0.6) is 5.75 Å². The van der Waals surface area contributed by atoms with Crippen LogP contribution in [-0.4, -0.2) is 29.3 Å². The molecular formula is C17H16N2O4. The molecule has 118 valence electrons. The number of hydroxylamine groups is 2. The Bertz CT molecular complexity index is 751. The summed E-state index contributed by atoms with van der Waals surface area (Å²) in [4.78, 5) is 17.5. The predicted molar refractivity (Wildman–Crippen MR) is 82.4 cm³/mol. The highest BCUT2D eigenvalue weighted by Gasteiger charge is 2.68. The first-order valence-corrected chi connectivity index (χ1v) is 7.48. The Morgan fingerprint density at radius 1 is 1.17 bits per heavy atom. The van der Waals surface area contributed by atoms with E-state index < -0.39 is 17.7 Å². The van der Waals surface area contributed by atoms with Gasteiger partial charge in [-0.15, -0.1) is 0 Å². The molecule has 2 aromatic rings. The monoisotopic (exact) mass is 312 g/mol. The molecule has 23 heavy (non-hydrogen) atoms. The molecule has 2 aliphatic rings. The van der Waals surface area contributed by atoms with E-state index in [1.54, 1.807) is 7.05 Å². The first-order chi connectivity index (χ1) is 11.1. The van der Waals surface area contributed by atoms with E-state index in [2.05, 4.69) is 0 Å². The van der Waals surface area contributed by atoms with Crippen molar-refractivity contribution in [3.8, 4) is 5.75 Å². The Labute approximate surface area is 133 Å². The zero-order chi connectivity index (χ0) is 16.0. The van der Waals surface area contributed by atoms with Crippen molar-refractivity contribution >= 4 is 0 Å². The number of rotatable bonds is 2. The number of nitro groups is 1. The molecule has 0 bridgehead atoms. The molecule has 1 saturated heterocycles. The molecule has 6 nitrogen and oxygen atoms in total. The standard InChI is InChI=1S/C17H16N2O4/c1-18-11-14-13-9-5-6-10-15(13)22-16(12-7-3-2-4-8-12)17(14,23-18)19(20)21/h2-10,14,16H,11H2,1H3/t14-,16-,17+/m1/s1. The molecule has 1 fully saturated rings. The molecule has 0 aromatic heterocycles. The van der Waals surface area contributed by atoms with Crippen LogP contribution in [0.1, 0.15) is 23.1 Å². The number of fused-ring (bicyclic) bond motifs is 3. The van der Waals surface area contributed by atoms with Crippen LogP contribution in [0.3, 0.4) is 0 Å². The first kappa shape index (κ1) is 14.2. The fraction of sp³-hybridized carbons (Fsp3) is 0.294. The summed E-state index contributed by atoms with van der Waals surface area (Å²) in [6, 6.07) is 16.7. The highest BCUT2D eigenvalue weighted by Crippen LogP contribution is 2.54. The maximum atomic E-state index is 12.1. The third-order valence-corrected chi connectivity index (χ3v) is 4.54. The van der Waals surface area contributed by atoms with Crippen molar-refractivity contribution < 1.29 is 14.5 Å². The fourth-order valence-corrected chi connectivity index (χ4v) is 3.57. The van der Waals surface area contributed by atoms with Gasteiger partial charge in [-0.25, -0.2) is 4.84 Å². The molecule has 0 unspecified atom stereocenters. The first-order valence-electron chi connectivity index (χ1n) is 7.48. The Balaban J connectivity index is 1.93. The fourth-order valence-electron chi connectivity index (χ4n) is 3.57. The van der Waals surface area contributed by atoms with E-state index in [1.165, 1.54) is 5.06 Å². The van der Waals surface area contributed by atoms with Gasteiger partial charge in [-0.1, -0.05) is 48.5 Å². The number of para-hydroxylation sites is 1. The SMILES string of the molecule is CN1C[C@@H]2c3ccccc3O[C@H](c3ccccc3)[C@@]2([N+](=O)[O-])O1. The number of benzene rings is 2. The summed E-state index contributed by atoms with van der Waals surface area (Å²) in [6.07, 6.45) is -0.802. The lowest BCUT2D eigenvalue weighted by atomic mass is 9.80. The van der Waals surface area contributed by atoms with Gasteiger partial charge in [-0.3, -0.25) is 10.1 Å². The molecule has 4 rings (SSSR count). The maximum Gasteiger partial charge on any atom is 0.389 e. The van der Waals surface area contributed by atoms with Gasteiger partial charge in [-0.2, -0.15) is 5.06 Å². The summed E-state index contributed by atoms with van der Waals surface area (Å²) in [7, 11) is 1.72. The van der Waals surface area contributed by atoms with Crippen molar-refractivity contribution in [1.29, 1.82) is 0 Å². The van der Waals surface area contributed by atoms with E-state index >= 15 is 0 Å². The number of nitrogens with zero attached hydrogens (tertiary/aromatic N) is 2. The molecule has 0 radical (unpaired) electrons. The van der Waals surface area contributed by atoms with Gasteiger partial charge in [0.25, 0.3) is 0 Å².